The predicted molar refractivity (Wildman–Crippen MR) is 77.2 cm³/mol. The number of benzene rings is 2. The summed E-state index contributed by atoms with van der Waals surface area (Å²) in [7, 11) is 0. The summed E-state index contributed by atoms with van der Waals surface area (Å²) in [6.45, 7) is 0. The molecule has 0 bridgehead atoms. The van der Waals surface area contributed by atoms with Crippen LogP contribution in [0.1, 0.15) is 26.3 Å². The normalized spacial score (nSPS) is 9.71. The van der Waals surface area contributed by atoms with Gasteiger partial charge >= 0.3 is 0 Å². The molecule has 0 radical (unpaired) electrons. The first-order valence-corrected chi connectivity index (χ1v) is 5.98. The highest BCUT2D eigenvalue weighted by Crippen LogP contribution is 2.15. The molecule has 0 aliphatic carbocycles. The number of rotatable bonds is 3. The van der Waals surface area contributed by atoms with E-state index in [0.717, 1.165) is 0 Å². The fourth-order valence-corrected chi connectivity index (χ4v) is 1.70. The maximum Gasteiger partial charge on any atom is 0.255 e. The first-order chi connectivity index (χ1) is 10.0. The third-order valence-electron chi connectivity index (χ3n) is 2.81. The van der Waals surface area contributed by atoms with Crippen molar-refractivity contribution in [3.05, 3.63) is 65.0 Å². The van der Waals surface area contributed by atoms with Gasteiger partial charge in [-0.1, -0.05) is 5.92 Å². The van der Waals surface area contributed by atoms with E-state index in [9.17, 15) is 14.0 Å². The number of terminal acetylenes is 1. The summed E-state index contributed by atoms with van der Waals surface area (Å²) in [6, 6.07) is 9.81. The summed E-state index contributed by atoms with van der Waals surface area (Å²) in [4.78, 5) is 23.0. The maximum absolute atomic E-state index is 13.3. The minimum absolute atomic E-state index is 0.0666. The van der Waals surface area contributed by atoms with Gasteiger partial charge in [-0.15, -0.1) is 6.42 Å². The third kappa shape index (κ3) is 3.25. The molecule has 3 N–H and O–H groups in total. The number of anilines is 1. The maximum atomic E-state index is 13.3. The van der Waals surface area contributed by atoms with E-state index in [1.807, 2.05) is 0 Å². The van der Waals surface area contributed by atoms with Crippen molar-refractivity contribution >= 4 is 17.5 Å². The Morgan fingerprint density at radius 3 is 2.29 bits per heavy atom. The first-order valence-electron chi connectivity index (χ1n) is 5.98. The van der Waals surface area contributed by atoms with Gasteiger partial charge in [-0.3, -0.25) is 9.59 Å². The van der Waals surface area contributed by atoms with Crippen LogP contribution in [0.2, 0.25) is 0 Å². The number of carbonyl (C=O) groups excluding carboxylic acids is 2. The van der Waals surface area contributed by atoms with Crippen molar-refractivity contribution in [3.63, 3.8) is 0 Å². The number of primary amides is 1. The molecule has 0 atom stereocenters. The van der Waals surface area contributed by atoms with Gasteiger partial charge in [-0.25, -0.2) is 4.39 Å². The third-order valence-corrected chi connectivity index (χ3v) is 2.81. The van der Waals surface area contributed by atoms with Crippen LogP contribution in [0, 0.1) is 18.2 Å². The van der Waals surface area contributed by atoms with Gasteiger partial charge in [0.25, 0.3) is 5.91 Å². The molecule has 0 aliphatic heterocycles. The summed E-state index contributed by atoms with van der Waals surface area (Å²) < 4.78 is 13.3. The lowest BCUT2D eigenvalue weighted by Crippen LogP contribution is -2.14. The number of nitrogens with one attached hydrogen (secondary N) is 1. The molecule has 0 heterocycles. The lowest BCUT2D eigenvalue weighted by Gasteiger charge is -2.06. The van der Waals surface area contributed by atoms with E-state index < -0.39 is 17.6 Å². The Morgan fingerprint density at radius 2 is 1.71 bits per heavy atom. The second kappa shape index (κ2) is 5.88. The molecular weight excluding hydrogens is 271 g/mol. The van der Waals surface area contributed by atoms with E-state index >= 15 is 0 Å². The zero-order valence-corrected chi connectivity index (χ0v) is 10.9. The fourth-order valence-electron chi connectivity index (χ4n) is 1.70. The van der Waals surface area contributed by atoms with Crippen LogP contribution in [0.5, 0.6) is 0 Å². The SMILES string of the molecule is C#Cc1cc(NC(=O)c2ccc(C(N)=O)cc2)ccc1F. The summed E-state index contributed by atoms with van der Waals surface area (Å²) in [6.07, 6.45) is 5.16. The average Bonchev–Trinajstić information content (AvgIpc) is 2.49. The van der Waals surface area contributed by atoms with Crippen molar-refractivity contribution < 1.29 is 14.0 Å². The van der Waals surface area contributed by atoms with E-state index in [-0.39, 0.29) is 5.56 Å². The molecule has 2 amide bonds. The van der Waals surface area contributed by atoms with Gasteiger partial charge < -0.3 is 11.1 Å². The molecule has 0 saturated carbocycles. The molecular formula is C16H11FN2O2. The number of halogens is 1. The van der Waals surface area contributed by atoms with Crippen LogP contribution in [-0.2, 0) is 0 Å². The quantitative estimate of drug-likeness (QED) is 0.847. The molecule has 4 nitrogen and oxygen atoms in total. The van der Waals surface area contributed by atoms with Crippen LogP contribution in [0.4, 0.5) is 10.1 Å². The van der Waals surface area contributed by atoms with Crippen LogP contribution in [0.3, 0.4) is 0 Å². The first kappa shape index (κ1) is 14.3. The highest BCUT2D eigenvalue weighted by atomic mass is 19.1. The molecule has 2 aromatic rings. The number of carbonyl (C=O) groups is 2. The molecule has 2 rings (SSSR count). The van der Waals surface area contributed by atoms with Crippen LogP contribution in [0.25, 0.3) is 0 Å². The molecule has 0 saturated heterocycles. The highest BCUT2D eigenvalue weighted by molar-refractivity contribution is 6.05. The predicted octanol–water partition coefficient (Wildman–Crippen LogP) is 2.16. The zero-order chi connectivity index (χ0) is 15.4. The molecule has 2 aromatic carbocycles. The van der Waals surface area contributed by atoms with E-state index in [0.29, 0.717) is 16.8 Å². The van der Waals surface area contributed by atoms with E-state index in [1.54, 1.807) is 0 Å². The average molecular weight is 282 g/mol. The van der Waals surface area contributed by atoms with Gasteiger partial charge in [0.1, 0.15) is 5.82 Å². The van der Waals surface area contributed by atoms with Crippen LogP contribution in [-0.4, -0.2) is 11.8 Å². The van der Waals surface area contributed by atoms with Gasteiger partial charge in [0.05, 0.1) is 5.56 Å². The van der Waals surface area contributed by atoms with Crippen molar-refractivity contribution in [2.24, 2.45) is 5.73 Å². The Morgan fingerprint density at radius 1 is 1.10 bits per heavy atom. The minimum Gasteiger partial charge on any atom is -0.366 e. The molecule has 5 heteroatoms. The smallest absolute Gasteiger partial charge is 0.255 e. The number of hydrogen-bond acceptors (Lipinski definition) is 2. The standard InChI is InChI=1S/C16H11FN2O2/c1-2-10-9-13(7-8-14(10)17)19-16(21)12-5-3-11(4-6-12)15(18)20/h1,3-9H,(H2,18,20)(H,19,21). The number of hydrogen-bond donors (Lipinski definition) is 2. The van der Waals surface area contributed by atoms with Gasteiger partial charge in [-0.05, 0) is 42.5 Å². The van der Waals surface area contributed by atoms with Crippen LogP contribution in [0.15, 0.2) is 42.5 Å². The van der Waals surface area contributed by atoms with Crippen molar-refractivity contribution in [1.82, 2.24) is 0 Å². The fraction of sp³-hybridized carbons (Fsp3) is 0. The van der Waals surface area contributed by atoms with Crippen LogP contribution >= 0.6 is 0 Å². The molecule has 0 aromatic heterocycles. The topological polar surface area (TPSA) is 72.2 Å². The summed E-state index contributed by atoms with van der Waals surface area (Å²) in [5.74, 6) is 0.692. The zero-order valence-electron chi connectivity index (χ0n) is 10.9. The van der Waals surface area contributed by atoms with Crippen LogP contribution < -0.4 is 11.1 Å². The number of amides is 2. The van der Waals surface area contributed by atoms with Gasteiger partial charge in [0.2, 0.25) is 5.91 Å². The van der Waals surface area contributed by atoms with Crippen molar-refractivity contribution in [3.8, 4) is 12.3 Å². The molecule has 0 spiro atoms. The molecule has 21 heavy (non-hydrogen) atoms. The van der Waals surface area contributed by atoms with Gasteiger partial charge in [0, 0.05) is 16.8 Å². The van der Waals surface area contributed by atoms with E-state index in [2.05, 4.69) is 11.2 Å². The molecule has 0 fully saturated rings. The second-order valence-corrected chi connectivity index (χ2v) is 4.23. The summed E-state index contributed by atoms with van der Waals surface area (Å²) >= 11 is 0. The van der Waals surface area contributed by atoms with Crippen molar-refractivity contribution in [2.75, 3.05) is 5.32 Å². The van der Waals surface area contributed by atoms with E-state index in [1.165, 1.54) is 42.5 Å². The monoisotopic (exact) mass is 282 g/mol. The number of nitrogens with two attached hydrogens (primary N) is 1. The lowest BCUT2D eigenvalue weighted by atomic mass is 10.1. The summed E-state index contributed by atoms with van der Waals surface area (Å²) in [5, 5.41) is 2.59. The largest absolute Gasteiger partial charge is 0.366 e. The second-order valence-electron chi connectivity index (χ2n) is 4.23. The summed E-state index contributed by atoms with van der Waals surface area (Å²) in [5.41, 5.74) is 6.21. The van der Waals surface area contributed by atoms with Crippen molar-refractivity contribution in [2.45, 2.75) is 0 Å². The Kier molecular flexibility index (Phi) is 4.00. The highest BCUT2D eigenvalue weighted by Gasteiger charge is 2.09. The lowest BCUT2D eigenvalue weighted by molar-refractivity contribution is 0.0995. The molecule has 0 unspecified atom stereocenters. The Hall–Kier alpha value is -3.13. The van der Waals surface area contributed by atoms with Gasteiger partial charge in [0.15, 0.2) is 0 Å². The Balaban J connectivity index is 2.18. The van der Waals surface area contributed by atoms with Crippen molar-refractivity contribution in [1.29, 1.82) is 0 Å². The Labute approximate surface area is 120 Å². The van der Waals surface area contributed by atoms with E-state index in [4.69, 9.17) is 12.2 Å². The van der Waals surface area contributed by atoms with Gasteiger partial charge in [-0.2, -0.15) is 0 Å². The minimum atomic E-state index is -0.570. The molecule has 104 valence electrons. The Bertz CT molecular complexity index is 746. The molecule has 0 aliphatic rings.